The highest BCUT2D eigenvalue weighted by atomic mass is 16.7. The van der Waals surface area contributed by atoms with Crippen molar-refractivity contribution in [1.82, 2.24) is 0 Å². The van der Waals surface area contributed by atoms with E-state index in [2.05, 4.69) is 0 Å². The Morgan fingerprint density at radius 3 is 1.87 bits per heavy atom. The fraction of sp³-hybridized carbons (Fsp3) is 0.556. The van der Waals surface area contributed by atoms with E-state index in [1.807, 2.05) is 0 Å². The topological polar surface area (TPSA) is 391 Å². The summed E-state index contributed by atoms with van der Waals surface area (Å²) in [7, 11) is 0. The van der Waals surface area contributed by atoms with E-state index in [4.69, 9.17) is 43.0 Å². The molecule has 2 aromatic rings. The summed E-state index contributed by atoms with van der Waals surface area (Å²) in [5.41, 5.74) is -0.0450. The van der Waals surface area contributed by atoms with Gasteiger partial charge in [-0.15, -0.1) is 0 Å². The third kappa shape index (κ3) is 9.31. The molecule has 0 amide bonds. The molecule has 0 bridgehead atoms. The number of aliphatic hydroxyl groups is 10. The van der Waals surface area contributed by atoms with Gasteiger partial charge in [-0.3, -0.25) is 9.59 Å². The maximum atomic E-state index is 12.1. The van der Waals surface area contributed by atoms with Crippen LogP contribution in [0.15, 0.2) is 36.1 Å². The summed E-state index contributed by atoms with van der Waals surface area (Å²) in [6, 6.07) is 5.62. The molecular weight excluding hydrogens is 816 g/mol. The van der Waals surface area contributed by atoms with Gasteiger partial charge in [0.1, 0.15) is 109 Å². The Balaban J connectivity index is 1.31. The van der Waals surface area contributed by atoms with Gasteiger partial charge < -0.3 is 109 Å². The summed E-state index contributed by atoms with van der Waals surface area (Å²) < 4.78 is 44.8. The van der Waals surface area contributed by atoms with E-state index < -0.39 is 154 Å². The molecule has 60 heavy (non-hydrogen) atoms. The second-order valence-electron chi connectivity index (χ2n) is 14.2. The largest absolute Gasteiger partial charge is 0.508 e. The van der Waals surface area contributed by atoms with Crippen molar-refractivity contribution in [2.75, 3.05) is 19.8 Å². The van der Waals surface area contributed by atoms with Crippen LogP contribution in [0.1, 0.15) is 23.7 Å². The van der Waals surface area contributed by atoms with Crippen LogP contribution in [-0.4, -0.2) is 195 Å². The third-order valence-corrected chi connectivity index (χ3v) is 10.0. The number of hydrogen-bond donors (Lipinski definition) is 14. The lowest BCUT2D eigenvalue weighted by Crippen LogP contribution is -2.65. The van der Waals surface area contributed by atoms with Gasteiger partial charge >= 0.3 is 11.9 Å². The minimum Gasteiger partial charge on any atom is -0.508 e. The Kier molecular flexibility index (Phi) is 13.9. The van der Waals surface area contributed by atoms with E-state index in [9.17, 15) is 76.0 Å². The van der Waals surface area contributed by atoms with E-state index in [0.717, 1.165) is 24.3 Å². The van der Waals surface area contributed by atoms with E-state index in [0.29, 0.717) is 0 Å². The highest BCUT2D eigenvalue weighted by Gasteiger charge is 2.52. The standard InChI is InChI=1S/C36H44O24/c37-8-19-24(45)27(48)29(50)34(57-19)55-16-2-1-11(3-15(16)41)32-18(6-13-14(40)4-12(39)5-17(13)54-32)56-36-31(52)33(26(47)21(59-36)10-53-23(44)7-22(42)43)60-35-30(51)28(49)25(46)20(9-38)58-35/h1-6,19-21,24-41,45-52H,7-10H2,(H,42,43). The zero-order valence-corrected chi connectivity index (χ0v) is 30.9. The molecule has 0 spiro atoms. The van der Waals surface area contributed by atoms with Crippen LogP contribution < -0.4 is 9.47 Å². The minimum absolute atomic E-state index is 0.0342. The molecule has 6 rings (SSSR count). The molecule has 332 valence electrons. The molecule has 4 heterocycles. The summed E-state index contributed by atoms with van der Waals surface area (Å²) in [6.07, 6.45) is -28.6. The van der Waals surface area contributed by atoms with Crippen molar-refractivity contribution in [1.29, 1.82) is 0 Å². The number of carboxylic acid groups (broad SMARTS) is 1. The molecule has 14 N–H and O–H groups in total. The minimum atomic E-state index is -2.10. The van der Waals surface area contributed by atoms with Gasteiger partial charge in [0.25, 0.3) is 0 Å². The number of aliphatic hydroxyl groups excluding tert-OH is 10. The molecule has 0 aromatic heterocycles. The lowest BCUT2D eigenvalue weighted by molar-refractivity contribution is -0.357. The molecule has 24 heteroatoms. The van der Waals surface area contributed by atoms with Gasteiger partial charge in [-0.05, 0) is 18.2 Å². The summed E-state index contributed by atoms with van der Waals surface area (Å²) >= 11 is 0. The number of carboxylic acids is 1. The number of carbonyl (C=O) groups is 2. The first kappa shape index (κ1) is 44.9. The van der Waals surface area contributed by atoms with Crippen molar-refractivity contribution in [2.24, 2.45) is 0 Å². The molecule has 16 unspecified atom stereocenters. The van der Waals surface area contributed by atoms with Gasteiger partial charge in [0.2, 0.25) is 12.6 Å². The Hall–Kier alpha value is -4.64. The molecule has 0 radical (unpaired) electrons. The molecule has 3 fully saturated rings. The van der Waals surface area contributed by atoms with Crippen LogP contribution in [0.3, 0.4) is 0 Å². The Morgan fingerprint density at radius 2 is 1.25 bits per heavy atom. The maximum absolute atomic E-state index is 12.1. The molecule has 3 saturated heterocycles. The van der Waals surface area contributed by atoms with Gasteiger partial charge in [-0.2, -0.15) is 0 Å². The van der Waals surface area contributed by atoms with Crippen molar-refractivity contribution in [3.63, 3.8) is 0 Å². The van der Waals surface area contributed by atoms with Crippen LogP contribution in [0, 0.1) is 0 Å². The number of fused-ring (bicyclic) bond motifs is 1. The molecule has 2 aromatic carbocycles. The van der Waals surface area contributed by atoms with Gasteiger partial charge in [-0.1, -0.05) is 6.07 Å². The van der Waals surface area contributed by atoms with Gasteiger partial charge in [-0.25, -0.2) is 0 Å². The highest BCUT2D eigenvalue weighted by molar-refractivity contribution is 5.90. The van der Waals surface area contributed by atoms with Crippen LogP contribution >= 0.6 is 0 Å². The monoisotopic (exact) mass is 860 g/mol. The summed E-state index contributed by atoms with van der Waals surface area (Å²) in [5.74, 6) is -5.17. The number of hydrogen-bond acceptors (Lipinski definition) is 23. The van der Waals surface area contributed by atoms with Gasteiger partial charge in [0.15, 0.2) is 23.9 Å². The van der Waals surface area contributed by atoms with E-state index >= 15 is 0 Å². The quantitative estimate of drug-likeness (QED) is 0.0663. The average molecular weight is 861 g/mol. The zero-order chi connectivity index (χ0) is 43.7. The second kappa shape index (κ2) is 18.5. The molecule has 24 nitrogen and oxygen atoms in total. The number of ether oxygens (including phenoxy) is 8. The van der Waals surface area contributed by atoms with Crippen LogP contribution in [0.2, 0.25) is 0 Å². The number of aliphatic carboxylic acids is 1. The molecule has 4 aliphatic heterocycles. The molecular formula is C36H44O24. The highest BCUT2D eigenvalue weighted by Crippen LogP contribution is 2.46. The van der Waals surface area contributed by atoms with Gasteiger partial charge in [0.05, 0.1) is 18.8 Å². The van der Waals surface area contributed by atoms with Crippen LogP contribution in [-0.2, 0) is 38.0 Å². The van der Waals surface area contributed by atoms with E-state index in [1.54, 1.807) is 0 Å². The van der Waals surface area contributed by atoms with Crippen molar-refractivity contribution in [3.8, 4) is 28.7 Å². The molecule has 0 saturated carbocycles. The van der Waals surface area contributed by atoms with Crippen molar-refractivity contribution in [2.45, 2.75) is 105 Å². The molecule has 0 aliphatic carbocycles. The first-order chi connectivity index (χ1) is 28.4. The second-order valence-corrected chi connectivity index (χ2v) is 14.2. The Morgan fingerprint density at radius 1 is 0.650 bits per heavy atom. The Labute approximate surface area is 337 Å². The van der Waals surface area contributed by atoms with Crippen molar-refractivity contribution in [3.05, 3.63) is 47.2 Å². The first-order valence-electron chi connectivity index (χ1n) is 18.2. The smallest absolute Gasteiger partial charge is 0.317 e. The van der Waals surface area contributed by atoms with Crippen molar-refractivity contribution >= 4 is 18.0 Å². The number of aromatic hydroxyl groups is 3. The number of rotatable bonds is 13. The molecule has 16 atom stereocenters. The number of benzene rings is 2. The number of esters is 1. The van der Waals surface area contributed by atoms with Crippen molar-refractivity contribution < 1.29 is 119 Å². The predicted octanol–water partition coefficient (Wildman–Crippen LogP) is -4.88. The van der Waals surface area contributed by atoms with E-state index in [1.165, 1.54) is 12.1 Å². The lowest BCUT2D eigenvalue weighted by atomic mass is 9.96. The normalized spacial score (nSPS) is 36.6. The average Bonchev–Trinajstić information content (AvgIpc) is 3.20. The first-order valence-corrected chi connectivity index (χ1v) is 18.2. The predicted molar refractivity (Wildman–Crippen MR) is 187 cm³/mol. The zero-order valence-electron chi connectivity index (χ0n) is 30.9. The van der Waals surface area contributed by atoms with Crippen LogP contribution in [0.25, 0.3) is 6.08 Å². The fourth-order valence-corrected chi connectivity index (χ4v) is 6.77. The number of phenolic OH excluding ortho intramolecular Hbond substituents is 3. The number of carbonyl (C=O) groups excluding carboxylic acids is 1. The molecule has 4 aliphatic rings. The van der Waals surface area contributed by atoms with Gasteiger partial charge in [0, 0.05) is 17.7 Å². The maximum Gasteiger partial charge on any atom is 0.317 e. The SMILES string of the molecule is O=C(O)CC(=O)OCC1OC(OC2=Cc3c(O)cc(O)cc3OC2c2ccc(OC3OC(CO)C(O)C(O)C3O)c(O)c2)C(O)C(OC2OC(CO)C(O)C(O)C2O)C1O. The fourth-order valence-electron chi connectivity index (χ4n) is 6.77. The van der Waals surface area contributed by atoms with Crippen LogP contribution in [0.5, 0.6) is 28.7 Å². The third-order valence-electron chi connectivity index (χ3n) is 10.0. The van der Waals surface area contributed by atoms with Crippen LogP contribution in [0.4, 0.5) is 0 Å². The summed E-state index contributed by atoms with van der Waals surface area (Å²) in [6.45, 7) is -2.50. The lowest BCUT2D eigenvalue weighted by Gasteiger charge is -2.46. The Bertz CT molecular complexity index is 1870. The number of phenols is 3. The summed E-state index contributed by atoms with van der Waals surface area (Å²) in [4.78, 5) is 23.2. The summed E-state index contributed by atoms with van der Waals surface area (Å²) in [5, 5.41) is 145. The van der Waals surface area contributed by atoms with E-state index in [-0.39, 0.29) is 28.4 Å².